The molecule has 0 saturated heterocycles. The van der Waals surface area contributed by atoms with Gasteiger partial charge in [-0.1, -0.05) is 55.5 Å². The van der Waals surface area contributed by atoms with Crippen LogP contribution in [-0.2, 0) is 26.0 Å². The first kappa shape index (κ1) is 30.6. The van der Waals surface area contributed by atoms with Crippen LogP contribution in [0.1, 0.15) is 39.7 Å². The Morgan fingerprint density at radius 2 is 1.46 bits per heavy atom. The Balaban J connectivity index is 2.00. The van der Waals surface area contributed by atoms with Crippen molar-refractivity contribution in [2.24, 2.45) is 0 Å². The molecule has 3 aromatic rings. The van der Waals surface area contributed by atoms with Crippen LogP contribution in [0, 0.1) is 3.57 Å². The molecule has 3 aromatic carbocycles. The molecule has 0 aliphatic carbocycles. The number of halogens is 1. The minimum Gasteiger partial charge on any atom is -0.350 e. The number of carbonyl (C=O) groups excluding carboxylic acids is 2. The summed E-state index contributed by atoms with van der Waals surface area (Å²) in [6.07, 6.45) is 0.915. The van der Waals surface area contributed by atoms with Crippen molar-refractivity contribution in [2.45, 2.75) is 57.0 Å². The van der Waals surface area contributed by atoms with E-state index in [4.69, 9.17) is 0 Å². The summed E-state index contributed by atoms with van der Waals surface area (Å²) >= 11 is 2.15. The minimum atomic E-state index is -4.06. The van der Waals surface area contributed by atoms with Gasteiger partial charge in [0.25, 0.3) is 10.0 Å². The number of nitrogens with one attached hydrogen (secondary N) is 1. The maximum Gasteiger partial charge on any atom is 0.264 e. The van der Waals surface area contributed by atoms with Gasteiger partial charge in [-0.25, -0.2) is 8.42 Å². The van der Waals surface area contributed by atoms with Gasteiger partial charge in [0.15, 0.2) is 0 Å². The Hall–Kier alpha value is -2.92. The van der Waals surface area contributed by atoms with Gasteiger partial charge in [0, 0.05) is 15.7 Å². The lowest BCUT2D eigenvalue weighted by atomic mass is 10.1. The van der Waals surface area contributed by atoms with Crippen molar-refractivity contribution in [3.8, 4) is 0 Å². The van der Waals surface area contributed by atoms with Gasteiger partial charge in [0.1, 0.15) is 12.6 Å². The largest absolute Gasteiger partial charge is 0.350 e. The highest BCUT2D eigenvalue weighted by molar-refractivity contribution is 14.1. The fourth-order valence-corrected chi connectivity index (χ4v) is 6.00. The van der Waals surface area contributed by atoms with Crippen LogP contribution in [0.15, 0.2) is 89.8 Å². The Morgan fingerprint density at radius 3 is 2.00 bits per heavy atom. The molecule has 3 rings (SSSR count). The Bertz CT molecular complexity index is 1340. The first-order chi connectivity index (χ1) is 18.4. The third kappa shape index (κ3) is 8.53. The SMILES string of the molecule is CCC(C(=O)NC(C)(C)C)N(CCc1ccccc1)C(=O)CN(c1ccc(I)cc1)S(=O)(=O)c1ccccc1. The summed E-state index contributed by atoms with van der Waals surface area (Å²) in [4.78, 5) is 28.9. The lowest BCUT2D eigenvalue weighted by Gasteiger charge is -2.34. The lowest BCUT2D eigenvalue weighted by Crippen LogP contribution is -2.56. The van der Waals surface area contributed by atoms with E-state index in [2.05, 4.69) is 27.9 Å². The molecule has 0 aromatic heterocycles. The zero-order valence-electron chi connectivity index (χ0n) is 22.8. The van der Waals surface area contributed by atoms with Crippen molar-refractivity contribution in [2.75, 3.05) is 17.4 Å². The number of hydrogen-bond acceptors (Lipinski definition) is 4. The zero-order valence-corrected chi connectivity index (χ0v) is 25.8. The summed E-state index contributed by atoms with van der Waals surface area (Å²) in [5.41, 5.74) is 0.915. The summed E-state index contributed by atoms with van der Waals surface area (Å²) in [6, 6.07) is 24.0. The predicted octanol–water partition coefficient (Wildman–Crippen LogP) is 5.25. The molecular weight excluding hydrogens is 625 g/mol. The Labute approximate surface area is 245 Å². The molecule has 2 amide bonds. The predicted molar refractivity (Wildman–Crippen MR) is 164 cm³/mol. The van der Waals surface area contributed by atoms with E-state index in [1.54, 1.807) is 42.5 Å². The summed E-state index contributed by atoms with van der Waals surface area (Å²) < 4.78 is 29.6. The molecule has 0 bridgehead atoms. The molecule has 9 heteroatoms. The van der Waals surface area contributed by atoms with Gasteiger partial charge in [-0.2, -0.15) is 0 Å². The lowest BCUT2D eigenvalue weighted by molar-refractivity contribution is -0.140. The van der Waals surface area contributed by atoms with Crippen molar-refractivity contribution in [1.29, 1.82) is 0 Å². The topological polar surface area (TPSA) is 86.8 Å². The van der Waals surface area contributed by atoms with E-state index in [1.807, 2.05) is 58.0 Å². The molecule has 208 valence electrons. The van der Waals surface area contributed by atoms with Crippen molar-refractivity contribution < 1.29 is 18.0 Å². The fraction of sp³-hybridized carbons (Fsp3) is 0.333. The van der Waals surface area contributed by atoms with E-state index < -0.39 is 34.1 Å². The van der Waals surface area contributed by atoms with Crippen LogP contribution in [0.5, 0.6) is 0 Å². The number of rotatable bonds is 11. The van der Waals surface area contributed by atoms with E-state index in [-0.39, 0.29) is 17.3 Å². The van der Waals surface area contributed by atoms with Gasteiger partial charge in [-0.3, -0.25) is 13.9 Å². The van der Waals surface area contributed by atoms with E-state index in [9.17, 15) is 18.0 Å². The second kappa shape index (κ2) is 13.4. The van der Waals surface area contributed by atoms with Gasteiger partial charge in [0.05, 0.1) is 10.6 Å². The number of anilines is 1. The van der Waals surface area contributed by atoms with E-state index >= 15 is 0 Å². The van der Waals surface area contributed by atoms with Gasteiger partial charge in [0.2, 0.25) is 11.8 Å². The molecule has 0 heterocycles. The summed E-state index contributed by atoms with van der Waals surface area (Å²) in [7, 11) is -4.06. The average molecular weight is 662 g/mol. The number of benzene rings is 3. The number of carbonyl (C=O) groups is 2. The molecule has 0 spiro atoms. The summed E-state index contributed by atoms with van der Waals surface area (Å²) in [5, 5.41) is 2.99. The van der Waals surface area contributed by atoms with Crippen LogP contribution in [0.4, 0.5) is 5.69 Å². The second-order valence-electron chi connectivity index (χ2n) is 10.3. The number of nitrogens with zero attached hydrogens (tertiary/aromatic N) is 2. The molecule has 1 unspecified atom stereocenters. The highest BCUT2D eigenvalue weighted by atomic mass is 127. The molecule has 0 aliphatic heterocycles. The van der Waals surface area contributed by atoms with Crippen molar-refractivity contribution >= 4 is 50.1 Å². The smallest absolute Gasteiger partial charge is 0.264 e. The van der Waals surface area contributed by atoms with Crippen LogP contribution >= 0.6 is 22.6 Å². The van der Waals surface area contributed by atoms with Gasteiger partial charge in [-0.05, 0) is 98.2 Å². The standard InChI is InChI=1S/C30H36IN3O4S/c1-5-27(29(36)32-30(2,3)4)33(21-20-23-12-8-6-9-13-23)28(35)22-34(25-18-16-24(31)17-19-25)39(37,38)26-14-10-7-11-15-26/h6-19,27H,5,20-22H2,1-4H3,(H,32,36). The summed E-state index contributed by atoms with van der Waals surface area (Å²) in [6.45, 7) is 7.35. The number of hydrogen-bond donors (Lipinski definition) is 1. The highest BCUT2D eigenvalue weighted by Gasteiger charge is 2.34. The minimum absolute atomic E-state index is 0.0877. The Kier molecular flexibility index (Phi) is 10.5. The van der Waals surface area contributed by atoms with Crippen LogP contribution in [0.25, 0.3) is 0 Å². The molecule has 39 heavy (non-hydrogen) atoms. The molecule has 7 nitrogen and oxygen atoms in total. The summed E-state index contributed by atoms with van der Waals surface area (Å²) in [5.74, 6) is -0.710. The van der Waals surface area contributed by atoms with Crippen molar-refractivity contribution in [3.05, 3.63) is 94.1 Å². The quantitative estimate of drug-likeness (QED) is 0.285. The van der Waals surface area contributed by atoms with Crippen LogP contribution in [0.2, 0.25) is 0 Å². The fourth-order valence-electron chi connectivity index (χ4n) is 4.20. The van der Waals surface area contributed by atoms with Gasteiger partial charge >= 0.3 is 0 Å². The number of sulfonamides is 1. The van der Waals surface area contributed by atoms with Crippen LogP contribution in [-0.4, -0.2) is 49.8 Å². The van der Waals surface area contributed by atoms with Crippen molar-refractivity contribution in [3.63, 3.8) is 0 Å². The maximum absolute atomic E-state index is 14.0. The zero-order chi connectivity index (χ0) is 28.6. The first-order valence-corrected chi connectivity index (χ1v) is 15.4. The van der Waals surface area contributed by atoms with Crippen molar-refractivity contribution in [1.82, 2.24) is 10.2 Å². The molecule has 0 saturated carbocycles. The molecule has 1 atom stereocenters. The monoisotopic (exact) mass is 661 g/mol. The average Bonchev–Trinajstić information content (AvgIpc) is 2.90. The van der Waals surface area contributed by atoms with E-state index in [0.717, 1.165) is 13.4 Å². The second-order valence-corrected chi connectivity index (χ2v) is 13.4. The first-order valence-electron chi connectivity index (χ1n) is 12.9. The molecule has 0 aliphatic rings. The van der Waals surface area contributed by atoms with Crippen LogP contribution < -0.4 is 9.62 Å². The van der Waals surface area contributed by atoms with E-state index in [0.29, 0.717) is 18.5 Å². The normalized spacial score (nSPS) is 12.4. The molecular formula is C30H36IN3O4S. The van der Waals surface area contributed by atoms with E-state index in [1.165, 1.54) is 17.0 Å². The van der Waals surface area contributed by atoms with Crippen LogP contribution in [0.3, 0.4) is 0 Å². The molecule has 1 N–H and O–H groups in total. The highest BCUT2D eigenvalue weighted by Crippen LogP contribution is 2.25. The molecule has 0 fully saturated rings. The van der Waals surface area contributed by atoms with Gasteiger partial charge < -0.3 is 10.2 Å². The third-order valence-corrected chi connectivity index (χ3v) is 8.60. The Morgan fingerprint density at radius 1 is 0.897 bits per heavy atom. The maximum atomic E-state index is 14.0. The number of amides is 2. The third-order valence-electron chi connectivity index (χ3n) is 6.09. The molecule has 0 radical (unpaired) electrons. The van der Waals surface area contributed by atoms with Gasteiger partial charge in [-0.15, -0.1) is 0 Å².